The Morgan fingerprint density at radius 3 is 2.50 bits per heavy atom. The molecule has 1 amide bonds. The molecule has 0 saturated carbocycles. The molecular weight excluding hydrogens is 204 g/mol. The van der Waals surface area contributed by atoms with E-state index in [0.717, 1.165) is 11.4 Å². The summed E-state index contributed by atoms with van der Waals surface area (Å²) in [5.74, 6) is 0.831. The summed E-state index contributed by atoms with van der Waals surface area (Å²) in [5, 5.41) is 0. The molecule has 16 heavy (non-hydrogen) atoms. The monoisotopic (exact) mass is 222 g/mol. The molecule has 0 spiro atoms. The third-order valence-electron chi connectivity index (χ3n) is 2.27. The average molecular weight is 222 g/mol. The van der Waals surface area contributed by atoms with Crippen molar-refractivity contribution in [3.63, 3.8) is 0 Å². The molecule has 1 aromatic rings. The van der Waals surface area contributed by atoms with Crippen molar-refractivity contribution in [1.29, 1.82) is 0 Å². The summed E-state index contributed by atoms with van der Waals surface area (Å²) in [6.45, 7) is 2.95. The lowest BCUT2D eigenvalue weighted by atomic mass is 10.2. The molecule has 0 unspecified atom stereocenters. The highest BCUT2D eigenvalue weighted by atomic mass is 16.5. The summed E-state index contributed by atoms with van der Waals surface area (Å²) in [7, 11) is 1.74. The molecule has 0 radical (unpaired) electrons. The van der Waals surface area contributed by atoms with Crippen LogP contribution in [0.15, 0.2) is 24.3 Å². The Labute approximate surface area is 96.0 Å². The van der Waals surface area contributed by atoms with Gasteiger partial charge >= 0.3 is 0 Å². The molecule has 0 bridgehead atoms. The molecule has 0 saturated heterocycles. The Morgan fingerprint density at radius 1 is 1.38 bits per heavy atom. The highest BCUT2D eigenvalue weighted by molar-refractivity contribution is 5.92. The van der Waals surface area contributed by atoms with Gasteiger partial charge in [0.2, 0.25) is 5.91 Å². The second kappa shape index (κ2) is 6.12. The van der Waals surface area contributed by atoms with Gasteiger partial charge in [-0.1, -0.05) is 0 Å². The summed E-state index contributed by atoms with van der Waals surface area (Å²) in [5.41, 5.74) is 6.19. The zero-order chi connectivity index (χ0) is 12.0. The van der Waals surface area contributed by atoms with Crippen LogP contribution in [0.3, 0.4) is 0 Å². The normalized spacial score (nSPS) is 9.94. The van der Waals surface area contributed by atoms with Gasteiger partial charge in [-0.25, -0.2) is 0 Å². The molecule has 0 aliphatic rings. The maximum atomic E-state index is 11.6. The topological polar surface area (TPSA) is 55.6 Å². The van der Waals surface area contributed by atoms with Crippen LogP contribution >= 0.6 is 0 Å². The van der Waals surface area contributed by atoms with E-state index in [4.69, 9.17) is 10.5 Å². The van der Waals surface area contributed by atoms with Crippen molar-refractivity contribution in [1.82, 2.24) is 0 Å². The Kier molecular flexibility index (Phi) is 4.79. The van der Waals surface area contributed by atoms with Gasteiger partial charge in [0.15, 0.2) is 0 Å². The SMILES string of the molecule is CCOc1ccc(N(C)C(=O)CCN)cc1. The van der Waals surface area contributed by atoms with Gasteiger partial charge in [0.25, 0.3) is 0 Å². The van der Waals surface area contributed by atoms with Crippen molar-refractivity contribution in [2.45, 2.75) is 13.3 Å². The third-order valence-corrected chi connectivity index (χ3v) is 2.27. The Balaban J connectivity index is 2.69. The maximum absolute atomic E-state index is 11.6. The van der Waals surface area contributed by atoms with Crippen molar-refractivity contribution < 1.29 is 9.53 Å². The Morgan fingerprint density at radius 2 is 2.00 bits per heavy atom. The van der Waals surface area contributed by atoms with Crippen LogP contribution in [0.25, 0.3) is 0 Å². The minimum absolute atomic E-state index is 0.0201. The van der Waals surface area contributed by atoms with E-state index in [-0.39, 0.29) is 5.91 Å². The van der Waals surface area contributed by atoms with Crippen LogP contribution in [-0.4, -0.2) is 26.1 Å². The minimum atomic E-state index is 0.0201. The molecule has 4 nitrogen and oxygen atoms in total. The van der Waals surface area contributed by atoms with E-state index in [1.54, 1.807) is 11.9 Å². The van der Waals surface area contributed by atoms with Gasteiger partial charge in [0.1, 0.15) is 5.75 Å². The highest BCUT2D eigenvalue weighted by Crippen LogP contribution is 2.18. The van der Waals surface area contributed by atoms with Crippen LogP contribution in [0.5, 0.6) is 5.75 Å². The zero-order valence-electron chi connectivity index (χ0n) is 9.77. The number of nitrogens with two attached hydrogens (primary N) is 1. The van der Waals surface area contributed by atoms with Crippen molar-refractivity contribution in [3.8, 4) is 5.75 Å². The molecule has 0 aliphatic heterocycles. The molecule has 2 N–H and O–H groups in total. The van der Waals surface area contributed by atoms with Crippen molar-refractivity contribution >= 4 is 11.6 Å². The van der Waals surface area contributed by atoms with Crippen molar-refractivity contribution in [2.24, 2.45) is 5.73 Å². The van der Waals surface area contributed by atoms with Crippen LogP contribution in [-0.2, 0) is 4.79 Å². The molecular formula is C12H18N2O2. The fourth-order valence-electron chi connectivity index (χ4n) is 1.37. The Hall–Kier alpha value is -1.55. The van der Waals surface area contributed by atoms with Gasteiger partial charge in [-0.15, -0.1) is 0 Å². The fraction of sp³-hybridized carbons (Fsp3) is 0.417. The number of hydrogen-bond acceptors (Lipinski definition) is 3. The van der Waals surface area contributed by atoms with Gasteiger partial charge in [0.05, 0.1) is 6.61 Å². The first kappa shape index (κ1) is 12.5. The number of carbonyl (C=O) groups excluding carboxylic acids is 1. The zero-order valence-corrected chi connectivity index (χ0v) is 9.77. The number of hydrogen-bond donors (Lipinski definition) is 1. The first-order valence-electron chi connectivity index (χ1n) is 5.38. The maximum Gasteiger partial charge on any atom is 0.227 e. The predicted octanol–water partition coefficient (Wildman–Crippen LogP) is 1.40. The van der Waals surface area contributed by atoms with E-state index < -0.39 is 0 Å². The average Bonchev–Trinajstić information content (AvgIpc) is 2.30. The quantitative estimate of drug-likeness (QED) is 0.819. The van der Waals surface area contributed by atoms with Gasteiger partial charge in [0, 0.05) is 25.7 Å². The van der Waals surface area contributed by atoms with Crippen LogP contribution in [0.2, 0.25) is 0 Å². The second-order valence-corrected chi connectivity index (χ2v) is 3.42. The van der Waals surface area contributed by atoms with E-state index in [1.807, 2.05) is 31.2 Å². The molecule has 4 heteroatoms. The van der Waals surface area contributed by atoms with E-state index in [2.05, 4.69) is 0 Å². The van der Waals surface area contributed by atoms with E-state index in [1.165, 1.54) is 0 Å². The minimum Gasteiger partial charge on any atom is -0.494 e. The predicted molar refractivity (Wildman–Crippen MR) is 64.7 cm³/mol. The summed E-state index contributed by atoms with van der Waals surface area (Å²) in [4.78, 5) is 13.2. The van der Waals surface area contributed by atoms with Crippen molar-refractivity contribution in [3.05, 3.63) is 24.3 Å². The van der Waals surface area contributed by atoms with Crippen LogP contribution < -0.4 is 15.4 Å². The molecule has 1 rings (SSSR count). The summed E-state index contributed by atoms with van der Waals surface area (Å²) < 4.78 is 5.33. The van der Waals surface area contributed by atoms with Gasteiger partial charge in [-0.2, -0.15) is 0 Å². The number of carbonyl (C=O) groups is 1. The number of nitrogens with zero attached hydrogens (tertiary/aromatic N) is 1. The lowest BCUT2D eigenvalue weighted by Gasteiger charge is -2.17. The van der Waals surface area contributed by atoms with Gasteiger partial charge in [-0.05, 0) is 31.2 Å². The number of rotatable bonds is 5. The molecule has 0 aromatic heterocycles. The number of ether oxygens (including phenoxy) is 1. The number of benzene rings is 1. The third kappa shape index (κ3) is 3.24. The summed E-state index contributed by atoms with van der Waals surface area (Å²) in [6.07, 6.45) is 0.365. The second-order valence-electron chi connectivity index (χ2n) is 3.42. The lowest BCUT2D eigenvalue weighted by Crippen LogP contribution is -2.27. The standard InChI is InChI=1S/C12H18N2O2/c1-3-16-11-6-4-10(5-7-11)14(2)12(15)8-9-13/h4-7H,3,8-9,13H2,1-2H3. The van der Waals surface area contributed by atoms with Crippen LogP contribution in [0, 0.1) is 0 Å². The van der Waals surface area contributed by atoms with Crippen molar-refractivity contribution in [2.75, 3.05) is 25.1 Å². The molecule has 0 heterocycles. The largest absolute Gasteiger partial charge is 0.494 e. The Bertz CT molecular complexity index is 335. The molecule has 0 fully saturated rings. The van der Waals surface area contributed by atoms with E-state index >= 15 is 0 Å². The van der Waals surface area contributed by atoms with Gasteiger partial charge in [-0.3, -0.25) is 4.79 Å². The molecule has 0 atom stereocenters. The van der Waals surface area contributed by atoms with Gasteiger partial charge < -0.3 is 15.4 Å². The number of amides is 1. The summed E-state index contributed by atoms with van der Waals surface area (Å²) >= 11 is 0. The molecule has 88 valence electrons. The fourth-order valence-corrected chi connectivity index (χ4v) is 1.37. The van der Waals surface area contributed by atoms with Crippen LogP contribution in [0.4, 0.5) is 5.69 Å². The first-order chi connectivity index (χ1) is 7.69. The van der Waals surface area contributed by atoms with E-state index in [9.17, 15) is 4.79 Å². The van der Waals surface area contributed by atoms with Crippen LogP contribution in [0.1, 0.15) is 13.3 Å². The van der Waals surface area contributed by atoms with E-state index in [0.29, 0.717) is 19.6 Å². The highest BCUT2D eigenvalue weighted by Gasteiger charge is 2.09. The smallest absolute Gasteiger partial charge is 0.227 e. The lowest BCUT2D eigenvalue weighted by molar-refractivity contribution is -0.118. The molecule has 1 aromatic carbocycles. The summed E-state index contributed by atoms with van der Waals surface area (Å²) in [6, 6.07) is 7.43. The number of anilines is 1. The molecule has 0 aliphatic carbocycles. The first-order valence-corrected chi connectivity index (χ1v) is 5.38.